The molecule has 18 heavy (non-hydrogen) atoms. The van der Waals surface area contributed by atoms with Crippen molar-refractivity contribution in [3.05, 3.63) is 47.5 Å². The quantitative estimate of drug-likeness (QED) is 0.607. The van der Waals surface area contributed by atoms with Crippen LogP contribution in [-0.4, -0.2) is 31.1 Å². The standard InChI is InChI=1S/C14H18ClNO2/c1-5-13(14(17)18-4)16(3)10(2)11-6-8-12(15)9-7-11/h5-10,13H,1H2,2-4H3. The van der Waals surface area contributed by atoms with Crippen LogP contribution in [0.4, 0.5) is 0 Å². The minimum atomic E-state index is -0.458. The predicted molar refractivity (Wildman–Crippen MR) is 73.6 cm³/mol. The van der Waals surface area contributed by atoms with E-state index in [4.69, 9.17) is 16.3 Å². The molecule has 0 heterocycles. The molecular weight excluding hydrogens is 250 g/mol. The molecule has 0 fully saturated rings. The Balaban J connectivity index is 2.88. The van der Waals surface area contributed by atoms with Crippen LogP contribution >= 0.6 is 11.6 Å². The van der Waals surface area contributed by atoms with Gasteiger partial charge < -0.3 is 4.74 Å². The summed E-state index contributed by atoms with van der Waals surface area (Å²) in [5.41, 5.74) is 1.08. The third-order valence-corrected chi connectivity index (χ3v) is 3.32. The molecule has 0 N–H and O–H groups in total. The van der Waals surface area contributed by atoms with Gasteiger partial charge in [0.2, 0.25) is 0 Å². The number of esters is 1. The SMILES string of the molecule is C=CC(C(=O)OC)N(C)C(C)c1ccc(Cl)cc1. The zero-order chi connectivity index (χ0) is 13.7. The maximum absolute atomic E-state index is 11.6. The zero-order valence-corrected chi connectivity index (χ0v) is 11.6. The van der Waals surface area contributed by atoms with Crippen molar-refractivity contribution in [1.29, 1.82) is 0 Å². The Labute approximate surface area is 113 Å². The largest absolute Gasteiger partial charge is 0.468 e. The van der Waals surface area contributed by atoms with Crippen LogP contribution in [0.25, 0.3) is 0 Å². The van der Waals surface area contributed by atoms with Gasteiger partial charge in [-0.25, -0.2) is 0 Å². The number of benzene rings is 1. The summed E-state index contributed by atoms with van der Waals surface area (Å²) in [6, 6.07) is 7.16. The molecule has 2 unspecified atom stereocenters. The third kappa shape index (κ3) is 3.34. The van der Waals surface area contributed by atoms with Crippen LogP contribution < -0.4 is 0 Å². The summed E-state index contributed by atoms with van der Waals surface area (Å²) in [6.45, 7) is 5.69. The highest BCUT2D eigenvalue weighted by atomic mass is 35.5. The first-order chi connectivity index (χ1) is 8.51. The average Bonchev–Trinajstić information content (AvgIpc) is 2.39. The number of methoxy groups -OCH3 is 1. The van der Waals surface area contributed by atoms with E-state index in [9.17, 15) is 4.79 Å². The van der Waals surface area contributed by atoms with Crippen LogP contribution in [0.3, 0.4) is 0 Å². The van der Waals surface area contributed by atoms with E-state index in [1.54, 1.807) is 6.08 Å². The number of nitrogens with zero attached hydrogens (tertiary/aromatic N) is 1. The van der Waals surface area contributed by atoms with Gasteiger partial charge in [-0.3, -0.25) is 9.69 Å². The van der Waals surface area contributed by atoms with Crippen molar-refractivity contribution in [2.24, 2.45) is 0 Å². The van der Waals surface area contributed by atoms with E-state index in [1.807, 2.05) is 43.1 Å². The Morgan fingerprint density at radius 1 is 1.44 bits per heavy atom. The van der Waals surface area contributed by atoms with Crippen molar-refractivity contribution in [1.82, 2.24) is 4.90 Å². The summed E-state index contributed by atoms with van der Waals surface area (Å²) in [6.07, 6.45) is 1.58. The van der Waals surface area contributed by atoms with E-state index in [0.29, 0.717) is 5.02 Å². The molecule has 1 aromatic rings. The zero-order valence-electron chi connectivity index (χ0n) is 10.9. The molecule has 0 spiro atoms. The van der Waals surface area contributed by atoms with Crippen molar-refractivity contribution < 1.29 is 9.53 Å². The van der Waals surface area contributed by atoms with Crippen LogP contribution in [-0.2, 0) is 9.53 Å². The molecule has 0 aliphatic rings. The van der Waals surface area contributed by atoms with Crippen molar-refractivity contribution in [2.75, 3.05) is 14.2 Å². The second kappa shape index (κ2) is 6.57. The Kier molecular flexibility index (Phi) is 5.38. The highest BCUT2D eigenvalue weighted by molar-refractivity contribution is 6.30. The maximum atomic E-state index is 11.6. The lowest BCUT2D eigenvalue weighted by Gasteiger charge is -2.29. The Bertz CT molecular complexity index is 416. The number of hydrogen-bond acceptors (Lipinski definition) is 3. The molecule has 0 aliphatic carbocycles. The van der Waals surface area contributed by atoms with Gasteiger partial charge in [-0.15, -0.1) is 6.58 Å². The van der Waals surface area contributed by atoms with Gasteiger partial charge in [-0.05, 0) is 31.7 Å². The molecule has 1 rings (SSSR count). The fourth-order valence-corrected chi connectivity index (χ4v) is 1.89. The van der Waals surface area contributed by atoms with Gasteiger partial charge in [0, 0.05) is 11.1 Å². The predicted octanol–water partition coefficient (Wildman–Crippen LogP) is 3.06. The van der Waals surface area contributed by atoms with Crippen molar-refractivity contribution in [3.8, 4) is 0 Å². The summed E-state index contributed by atoms with van der Waals surface area (Å²) in [7, 11) is 3.24. The summed E-state index contributed by atoms with van der Waals surface area (Å²) < 4.78 is 4.76. The van der Waals surface area contributed by atoms with Crippen molar-refractivity contribution >= 4 is 17.6 Å². The second-order valence-corrected chi connectivity index (χ2v) is 4.53. The molecule has 4 heteroatoms. The van der Waals surface area contributed by atoms with Gasteiger partial charge in [0.1, 0.15) is 6.04 Å². The van der Waals surface area contributed by atoms with Crippen molar-refractivity contribution in [2.45, 2.75) is 19.0 Å². The number of carbonyl (C=O) groups excluding carboxylic acids is 1. The van der Waals surface area contributed by atoms with Gasteiger partial charge in [0.25, 0.3) is 0 Å². The summed E-state index contributed by atoms with van der Waals surface area (Å²) in [4.78, 5) is 13.5. The minimum absolute atomic E-state index is 0.0596. The smallest absolute Gasteiger partial charge is 0.327 e. The van der Waals surface area contributed by atoms with Crippen LogP contribution in [0, 0.1) is 0 Å². The van der Waals surface area contributed by atoms with E-state index in [2.05, 4.69) is 6.58 Å². The third-order valence-electron chi connectivity index (χ3n) is 3.07. The van der Waals surface area contributed by atoms with E-state index in [-0.39, 0.29) is 12.0 Å². The first-order valence-corrected chi connectivity index (χ1v) is 6.06. The lowest BCUT2D eigenvalue weighted by Crippen LogP contribution is -2.39. The number of likely N-dealkylation sites (N-methyl/N-ethyl adjacent to an activating group) is 1. The van der Waals surface area contributed by atoms with Gasteiger partial charge >= 0.3 is 5.97 Å². The number of rotatable bonds is 5. The second-order valence-electron chi connectivity index (χ2n) is 4.10. The number of ether oxygens (including phenoxy) is 1. The Morgan fingerprint density at radius 2 is 2.00 bits per heavy atom. The molecule has 0 saturated carbocycles. The average molecular weight is 268 g/mol. The van der Waals surface area contributed by atoms with Crippen molar-refractivity contribution in [3.63, 3.8) is 0 Å². The first-order valence-electron chi connectivity index (χ1n) is 5.69. The van der Waals surface area contributed by atoms with Crippen LogP contribution in [0.2, 0.25) is 5.02 Å². The lowest BCUT2D eigenvalue weighted by atomic mass is 10.1. The first kappa shape index (κ1) is 14.7. The van der Waals surface area contributed by atoms with E-state index in [0.717, 1.165) is 5.56 Å². The number of carbonyl (C=O) groups is 1. The number of halogens is 1. The molecule has 0 aliphatic heterocycles. The molecule has 2 atom stereocenters. The Morgan fingerprint density at radius 3 is 2.44 bits per heavy atom. The number of hydrogen-bond donors (Lipinski definition) is 0. The highest BCUT2D eigenvalue weighted by Gasteiger charge is 2.25. The van der Waals surface area contributed by atoms with E-state index in [1.165, 1.54) is 7.11 Å². The monoisotopic (exact) mass is 267 g/mol. The topological polar surface area (TPSA) is 29.5 Å². The van der Waals surface area contributed by atoms with Crippen LogP contribution in [0.1, 0.15) is 18.5 Å². The summed E-state index contributed by atoms with van der Waals surface area (Å²) in [5.74, 6) is -0.312. The van der Waals surface area contributed by atoms with Gasteiger partial charge in [-0.1, -0.05) is 29.8 Å². The van der Waals surface area contributed by atoms with E-state index >= 15 is 0 Å². The Hall–Kier alpha value is -1.32. The van der Waals surface area contributed by atoms with Gasteiger partial charge in [0.05, 0.1) is 7.11 Å². The lowest BCUT2D eigenvalue weighted by molar-refractivity contribution is -0.145. The molecule has 1 aromatic carbocycles. The maximum Gasteiger partial charge on any atom is 0.327 e. The van der Waals surface area contributed by atoms with Gasteiger partial charge in [-0.2, -0.15) is 0 Å². The molecule has 3 nitrogen and oxygen atoms in total. The molecule has 0 saturated heterocycles. The van der Waals surface area contributed by atoms with E-state index < -0.39 is 6.04 Å². The molecule has 0 radical (unpaired) electrons. The molecule has 98 valence electrons. The van der Waals surface area contributed by atoms with Crippen LogP contribution in [0.5, 0.6) is 0 Å². The van der Waals surface area contributed by atoms with Crippen LogP contribution in [0.15, 0.2) is 36.9 Å². The molecule has 0 aromatic heterocycles. The summed E-state index contributed by atoms with van der Waals surface area (Å²) in [5, 5.41) is 0.696. The molecular formula is C14H18ClNO2. The highest BCUT2D eigenvalue weighted by Crippen LogP contribution is 2.23. The normalized spacial score (nSPS) is 14.1. The fourth-order valence-electron chi connectivity index (χ4n) is 1.77. The molecule has 0 amide bonds. The summed E-state index contributed by atoms with van der Waals surface area (Å²) >= 11 is 5.85. The minimum Gasteiger partial charge on any atom is -0.468 e. The molecule has 0 bridgehead atoms. The fraction of sp³-hybridized carbons (Fsp3) is 0.357. The van der Waals surface area contributed by atoms with Gasteiger partial charge in [0.15, 0.2) is 0 Å².